The van der Waals surface area contributed by atoms with Crippen molar-refractivity contribution in [1.82, 2.24) is 4.90 Å². The zero-order valence-electron chi connectivity index (χ0n) is 18.1. The highest BCUT2D eigenvalue weighted by Gasteiger charge is 2.47. The number of carbonyl (C=O) groups is 2. The molecule has 0 spiro atoms. The molecule has 0 bridgehead atoms. The van der Waals surface area contributed by atoms with Crippen LogP contribution in [0.15, 0.2) is 66.8 Å². The standard InChI is InChI=1S/C26H27NO5/c1-3-14-31-20-12-10-19(11-13-20)24(28)22-23(18-8-6-17(2)7-9-18)27(26(30)25(22)29)16-21-5-4-15-32-21/h3,6-13,21,23,28H,1,4-5,14-16H2,2H3/t21-,23+/m1/s1. The molecule has 2 fully saturated rings. The van der Waals surface area contributed by atoms with Gasteiger partial charge in [0.05, 0.1) is 17.7 Å². The van der Waals surface area contributed by atoms with Gasteiger partial charge in [0.25, 0.3) is 11.7 Å². The molecule has 2 heterocycles. The van der Waals surface area contributed by atoms with Gasteiger partial charge in [-0.15, -0.1) is 0 Å². The second kappa shape index (κ2) is 9.40. The first kappa shape index (κ1) is 21.8. The highest BCUT2D eigenvalue weighted by Crippen LogP contribution is 2.40. The third kappa shape index (κ3) is 4.32. The molecule has 2 aromatic rings. The van der Waals surface area contributed by atoms with Crippen molar-refractivity contribution < 1.29 is 24.2 Å². The number of ether oxygens (including phenoxy) is 2. The van der Waals surface area contributed by atoms with Crippen LogP contribution in [0.2, 0.25) is 0 Å². The van der Waals surface area contributed by atoms with Gasteiger partial charge >= 0.3 is 0 Å². The minimum Gasteiger partial charge on any atom is -0.507 e. The van der Waals surface area contributed by atoms with E-state index in [-0.39, 0.29) is 17.4 Å². The van der Waals surface area contributed by atoms with Crippen LogP contribution in [-0.2, 0) is 14.3 Å². The Bertz CT molecular complexity index is 1030. The van der Waals surface area contributed by atoms with Crippen LogP contribution < -0.4 is 4.74 Å². The van der Waals surface area contributed by atoms with Crippen LogP contribution in [0.4, 0.5) is 0 Å². The maximum absolute atomic E-state index is 13.1. The number of hydrogen-bond acceptors (Lipinski definition) is 5. The minimum atomic E-state index is -0.682. The normalized spacial score (nSPS) is 22.3. The van der Waals surface area contributed by atoms with Crippen LogP contribution in [0.25, 0.3) is 5.76 Å². The smallest absolute Gasteiger partial charge is 0.295 e. The highest BCUT2D eigenvalue weighted by atomic mass is 16.5. The van der Waals surface area contributed by atoms with E-state index in [4.69, 9.17) is 9.47 Å². The molecule has 0 radical (unpaired) electrons. The maximum Gasteiger partial charge on any atom is 0.295 e. The summed E-state index contributed by atoms with van der Waals surface area (Å²) in [5, 5.41) is 11.1. The van der Waals surface area contributed by atoms with E-state index in [0.717, 1.165) is 24.0 Å². The van der Waals surface area contributed by atoms with Crippen molar-refractivity contribution in [3.63, 3.8) is 0 Å². The van der Waals surface area contributed by atoms with Crippen LogP contribution in [0, 0.1) is 6.92 Å². The predicted octanol–water partition coefficient (Wildman–Crippen LogP) is 4.16. The van der Waals surface area contributed by atoms with E-state index in [1.807, 2.05) is 31.2 Å². The number of benzene rings is 2. The van der Waals surface area contributed by atoms with Crippen LogP contribution >= 0.6 is 0 Å². The van der Waals surface area contributed by atoms with Crippen LogP contribution in [0.1, 0.15) is 35.6 Å². The number of aryl methyl sites for hydroxylation is 1. The van der Waals surface area contributed by atoms with Crippen LogP contribution in [0.3, 0.4) is 0 Å². The summed E-state index contributed by atoms with van der Waals surface area (Å²) in [6.45, 7) is 6.93. The van der Waals surface area contributed by atoms with Crippen molar-refractivity contribution >= 4 is 17.4 Å². The van der Waals surface area contributed by atoms with E-state index in [1.54, 1.807) is 30.3 Å². The lowest BCUT2D eigenvalue weighted by Crippen LogP contribution is -2.36. The third-order valence-electron chi connectivity index (χ3n) is 5.85. The van der Waals surface area contributed by atoms with Crippen molar-refractivity contribution in [2.75, 3.05) is 19.8 Å². The molecule has 2 aliphatic rings. The Morgan fingerprint density at radius 1 is 1.19 bits per heavy atom. The van der Waals surface area contributed by atoms with Gasteiger partial charge in [0, 0.05) is 18.7 Å². The molecule has 2 aromatic carbocycles. The lowest BCUT2D eigenvalue weighted by Gasteiger charge is -2.27. The Kier molecular flexibility index (Phi) is 6.42. The number of hydrogen-bond donors (Lipinski definition) is 1. The van der Waals surface area contributed by atoms with Crippen LogP contribution in [0.5, 0.6) is 5.75 Å². The van der Waals surface area contributed by atoms with Gasteiger partial charge in [0.1, 0.15) is 18.1 Å². The van der Waals surface area contributed by atoms with Gasteiger partial charge in [0.15, 0.2) is 0 Å². The molecule has 0 aromatic heterocycles. The zero-order chi connectivity index (χ0) is 22.7. The molecule has 4 rings (SSSR count). The monoisotopic (exact) mass is 433 g/mol. The van der Waals surface area contributed by atoms with E-state index in [0.29, 0.717) is 31.1 Å². The van der Waals surface area contributed by atoms with Crippen molar-refractivity contribution in [2.24, 2.45) is 0 Å². The number of carbonyl (C=O) groups excluding carboxylic acids is 2. The molecule has 2 saturated heterocycles. The second-order valence-corrected chi connectivity index (χ2v) is 8.12. The Morgan fingerprint density at radius 3 is 2.53 bits per heavy atom. The van der Waals surface area contributed by atoms with E-state index in [9.17, 15) is 14.7 Å². The largest absolute Gasteiger partial charge is 0.507 e. The van der Waals surface area contributed by atoms with Gasteiger partial charge in [-0.25, -0.2) is 0 Å². The lowest BCUT2D eigenvalue weighted by molar-refractivity contribution is -0.140. The maximum atomic E-state index is 13.1. The number of ketones is 1. The SMILES string of the molecule is C=CCOc1ccc(C(O)=C2C(=O)C(=O)N(C[C@H]3CCCO3)[C@H]2c2ccc(C)cc2)cc1. The summed E-state index contributed by atoms with van der Waals surface area (Å²) in [6, 6.07) is 13.8. The number of aliphatic hydroxyl groups excluding tert-OH is 1. The third-order valence-corrected chi connectivity index (χ3v) is 5.85. The lowest BCUT2D eigenvalue weighted by atomic mass is 9.94. The van der Waals surface area contributed by atoms with Gasteiger partial charge in [-0.2, -0.15) is 0 Å². The molecule has 166 valence electrons. The van der Waals surface area contributed by atoms with Crippen LogP contribution in [-0.4, -0.2) is 47.6 Å². The van der Waals surface area contributed by atoms with Gasteiger partial charge in [-0.1, -0.05) is 42.5 Å². The summed E-state index contributed by atoms with van der Waals surface area (Å²) < 4.78 is 11.2. The van der Waals surface area contributed by atoms with Crippen molar-refractivity contribution in [2.45, 2.75) is 31.9 Å². The van der Waals surface area contributed by atoms with Gasteiger partial charge in [-0.3, -0.25) is 9.59 Å². The molecular formula is C26H27NO5. The van der Waals surface area contributed by atoms with Gasteiger partial charge in [-0.05, 0) is 49.6 Å². The molecule has 1 N–H and O–H groups in total. The first-order valence-corrected chi connectivity index (χ1v) is 10.8. The second-order valence-electron chi connectivity index (χ2n) is 8.12. The summed E-state index contributed by atoms with van der Waals surface area (Å²) >= 11 is 0. The highest BCUT2D eigenvalue weighted by molar-refractivity contribution is 6.46. The molecule has 6 nitrogen and oxygen atoms in total. The molecule has 0 saturated carbocycles. The molecule has 0 aliphatic carbocycles. The first-order chi connectivity index (χ1) is 15.5. The van der Waals surface area contributed by atoms with E-state index >= 15 is 0 Å². The van der Waals surface area contributed by atoms with Crippen molar-refractivity contribution in [1.29, 1.82) is 0 Å². The average Bonchev–Trinajstić information content (AvgIpc) is 3.41. The summed E-state index contributed by atoms with van der Waals surface area (Å²) in [4.78, 5) is 27.6. The Morgan fingerprint density at radius 2 is 1.91 bits per heavy atom. The van der Waals surface area contributed by atoms with E-state index in [1.165, 1.54) is 4.90 Å². The number of Topliss-reactive ketones (excluding diaryl/α,β-unsaturated/α-hetero) is 1. The number of aliphatic hydroxyl groups is 1. The summed E-state index contributed by atoms with van der Waals surface area (Å²) in [5.74, 6) is -0.869. The van der Waals surface area contributed by atoms with Crippen molar-refractivity contribution in [3.05, 3.63) is 83.4 Å². The number of likely N-dealkylation sites (tertiary alicyclic amines) is 1. The molecule has 6 heteroatoms. The quantitative estimate of drug-likeness (QED) is 0.307. The summed E-state index contributed by atoms with van der Waals surface area (Å²) in [7, 11) is 0. The number of amides is 1. The molecule has 0 unspecified atom stereocenters. The molecule has 2 atom stereocenters. The number of nitrogens with zero attached hydrogens (tertiary/aromatic N) is 1. The molecular weight excluding hydrogens is 406 g/mol. The first-order valence-electron chi connectivity index (χ1n) is 10.8. The Hall–Kier alpha value is -3.38. The fraction of sp³-hybridized carbons (Fsp3) is 0.308. The zero-order valence-corrected chi connectivity index (χ0v) is 18.1. The van der Waals surface area contributed by atoms with E-state index < -0.39 is 17.7 Å². The van der Waals surface area contributed by atoms with E-state index in [2.05, 4.69) is 6.58 Å². The fourth-order valence-corrected chi connectivity index (χ4v) is 4.19. The molecule has 1 amide bonds. The molecule has 2 aliphatic heterocycles. The summed E-state index contributed by atoms with van der Waals surface area (Å²) in [5.41, 5.74) is 2.39. The Balaban J connectivity index is 1.74. The molecule has 32 heavy (non-hydrogen) atoms. The number of rotatable bonds is 7. The minimum absolute atomic E-state index is 0.0941. The van der Waals surface area contributed by atoms with Gasteiger partial charge in [0.2, 0.25) is 0 Å². The average molecular weight is 434 g/mol. The fourth-order valence-electron chi connectivity index (χ4n) is 4.19. The summed E-state index contributed by atoms with van der Waals surface area (Å²) in [6.07, 6.45) is 3.31. The van der Waals surface area contributed by atoms with Crippen molar-refractivity contribution in [3.8, 4) is 5.75 Å². The topological polar surface area (TPSA) is 76.1 Å². The van der Waals surface area contributed by atoms with Gasteiger partial charge < -0.3 is 19.5 Å². The predicted molar refractivity (Wildman–Crippen MR) is 121 cm³/mol. The Labute approximate surface area is 187 Å².